The molecule has 1 aliphatic heterocycles. The number of carbonyl (C=O) groups is 2. The van der Waals surface area contributed by atoms with Crippen LogP contribution in [0.3, 0.4) is 0 Å². The van der Waals surface area contributed by atoms with E-state index in [9.17, 15) is 9.59 Å². The lowest BCUT2D eigenvalue weighted by Gasteiger charge is -2.17. The van der Waals surface area contributed by atoms with E-state index in [0.717, 1.165) is 36.0 Å². The summed E-state index contributed by atoms with van der Waals surface area (Å²) in [6.45, 7) is 4.84. The van der Waals surface area contributed by atoms with Gasteiger partial charge in [0.1, 0.15) is 29.4 Å². The van der Waals surface area contributed by atoms with Crippen LogP contribution in [0.5, 0.6) is 17.2 Å². The fourth-order valence-corrected chi connectivity index (χ4v) is 3.90. The minimum Gasteiger partial charge on any atom is -0.470 e. The number of hydrogen-bond acceptors (Lipinski definition) is 6. The Labute approximate surface area is 195 Å². The maximum Gasteiger partial charge on any atom is 0.317 e. The number of fused-ring (bicyclic) bond motifs is 1. The van der Waals surface area contributed by atoms with Crippen molar-refractivity contribution in [1.29, 1.82) is 0 Å². The molecule has 1 aliphatic rings. The smallest absolute Gasteiger partial charge is 0.317 e. The van der Waals surface area contributed by atoms with E-state index in [1.165, 1.54) is 12.8 Å². The topological polar surface area (TPSA) is 102 Å². The average Bonchev–Trinajstić information content (AvgIpc) is 3.12. The summed E-state index contributed by atoms with van der Waals surface area (Å²) in [4.78, 5) is 27.5. The highest BCUT2D eigenvalue weighted by Gasteiger charge is 2.32. The van der Waals surface area contributed by atoms with Gasteiger partial charge in [-0.2, -0.15) is 0 Å². The summed E-state index contributed by atoms with van der Waals surface area (Å²) in [7, 11) is 1.79. The summed E-state index contributed by atoms with van der Waals surface area (Å²) in [5.41, 5.74) is 1.82. The lowest BCUT2D eigenvalue weighted by atomic mass is 10.0. The number of aldehydes is 1. The molecule has 0 aliphatic carbocycles. The SMILES string of the molecule is CCCCCCNC(=O)N[C@@H]1Oc2ccc(Oc3ccnc(NC)c3CCC=O)cc2C1C. The van der Waals surface area contributed by atoms with Gasteiger partial charge in [0.2, 0.25) is 0 Å². The molecule has 0 saturated carbocycles. The lowest BCUT2D eigenvalue weighted by molar-refractivity contribution is -0.107. The molecule has 2 atom stereocenters. The Morgan fingerprint density at radius 3 is 2.85 bits per heavy atom. The predicted octanol–water partition coefficient (Wildman–Crippen LogP) is 4.75. The number of carbonyl (C=O) groups excluding carboxylic acids is 2. The molecule has 2 aromatic rings. The first-order valence-electron chi connectivity index (χ1n) is 11.7. The van der Waals surface area contributed by atoms with Crippen LogP contribution in [0.4, 0.5) is 10.6 Å². The van der Waals surface area contributed by atoms with Gasteiger partial charge in [-0.15, -0.1) is 0 Å². The van der Waals surface area contributed by atoms with Crippen molar-refractivity contribution in [2.75, 3.05) is 18.9 Å². The molecule has 0 fully saturated rings. The molecule has 2 amide bonds. The Kier molecular flexibility index (Phi) is 8.92. The summed E-state index contributed by atoms with van der Waals surface area (Å²) in [5.74, 6) is 2.70. The molecule has 33 heavy (non-hydrogen) atoms. The molecule has 1 aromatic heterocycles. The zero-order valence-electron chi connectivity index (χ0n) is 19.6. The van der Waals surface area contributed by atoms with Gasteiger partial charge in [0.15, 0.2) is 6.23 Å². The van der Waals surface area contributed by atoms with Crippen molar-refractivity contribution < 1.29 is 19.1 Å². The number of anilines is 1. The van der Waals surface area contributed by atoms with Gasteiger partial charge in [0.25, 0.3) is 0 Å². The van der Waals surface area contributed by atoms with Crippen LogP contribution in [0.15, 0.2) is 30.5 Å². The van der Waals surface area contributed by atoms with E-state index in [2.05, 4.69) is 27.9 Å². The molecule has 1 unspecified atom stereocenters. The molecule has 8 heteroatoms. The second kappa shape index (κ2) is 12.1. The highest BCUT2D eigenvalue weighted by Crippen LogP contribution is 2.40. The van der Waals surface area contributed by atoms with Gasteiger partial charge >= 0.3 is 6.03 Å². The van der Waals surface area contributed by atoms with E-state index < -0.39 is 6.23 Å². The number of amides is 2. The number of aromatic nitrogens is 1. The zero-order valence-corrected chi connectivity index (χ0v) is 19.6. The Bertz CT molecular complexity index is 950. The number of urea groups is 1. The lowest BCUT2D eigenvalue weighted by Crippen LogP contribution is -2.45. The third-order valence-corrected chi connectivity index (χ3v) is 5.76. The normalized spacial score (nSPS) is 16.5. The van der Waals surface area contributed by atoms with Crippen LogP contribution < -0.4 is 25.4 Å². The van der Waals surface area contributed by atoms with Gasteiger partial charge in [0, 0.05) is 43.3 Å². The summed E-state index contributed by atoms with van der Waals surface area (Å²) in [6.07, 6.45) is 7.48. The van der Waals surface area contributed by atoms with Gasteiger partial charge in [0.05, 0.1) is 0 Å². The van der Waals surface area contributed by atoms with Crippen LogP contribution in [0.25, 0.3) is 0 Å². The van der Waals surface area contributed by atoms with Gasteiger partial charge < -0.3 is 30.2 Å². The van der Waals surface area contributed by atoms with Gasteiger partial charge in [-0.1, -0.05) is 33.1 Å². The molecule has 3 rings (SSSR count). The van der Waals surface area contributed by atoms with Crippen molar-refractivity contribution in [2.45, 2.75) is 64.5 Å². The first-order valence-corrected chi connectivity index (χ1v) is 11.7. The number of unbranched alkanes of at least 4 members (excludes halogenated alkanes) is 3. The number of nitrogens with zero attached hydrogens (tertiary/aromatic N) is 1. The van der Waals surface area contributed by atoms with E-state index in [1.807, 2.05) is 25.1 Å². The standard InChI is InChI=1S/C25H34N4O4/c1-4-5-6-7-13-28-25(31)29-24-17(2)20-16-18(10-11-21(20)33-24)32-22-12-14-27-23(26-3)19(22)9-8-15-30/h10-12,14-17,24H,4-9,13H2,1-3H3,(H,26,27)(H2,28,29,31)/t17?,24-/m1/s1. The number of hydrogen-bond donors (Lipinski definition) is 3. The largest absolute Gasteiger partial charge is 0.470 e. The second-order valence-corrected chi connectivity index (χ2v) is 8.18. The van der Waals surface area contributed by atoms with Crippen molar-refractivity contribution >= 4 is 18.1 Å². The third kappa shape index (κ3) is 6.37. The van der Waals surface area contributed by atoms with E-state index >= 15 is 0 Å². The first kappa shape index (κ1) is 24.4. The summed E-state index contributed by atoms with van der Waals surface area (Å²) >= 11 is 0. The fourth-order valence-electron chi connectivity index (χ4n) is 3.90. The quantitative estimate of drug-likeness (QED) is 0.316. The molecule has 0 saturated heterocycles. The van der Waals surface area contributed by atoms with E-state index in [1.54, 1.807) is 19.3 Å². The van der Waals surface area contributed by atoms with Crippen molar-refractivity contribution in [3.8, 4) is 17.2 Å². The highest BCUT2D eigenvalue weighted by molar-refractivity contribution is 5.74. The predicted molar refractivity (Wildman–Crippen MR) is 128 cm³/mol. The van der Waals surface area contributed by atoms with Crippen LogP contribution in [0.2, 0.25) is 0 Å². The van der Waals surface area contributed by atoms with Crippen LogP contribution in [-0.2, 0) is 11.2 Å². The number of ether oxygens (including phenoxy) is 2. The Hall–Kier alpha value is -3.29. The molecule has 178 valence electrons. The Balaban J connectivity index is 1.64. The molecule has 8 nitrogen and oxygen atoms in total. The number of pyridine rings is 1. The van der Waals surface area contributed by atoms with E-state index in [-0.39, 0.29) is 11.9 Å². The number of benzene rings is 1. The Morgan fingerprint density at radius 2 is 2.09 bits per heavy atom. The maximum absolute atomic E-state index is 12.3. The summed E-state index contributed by atoms with van der Waals surface area (Å²) in [5, 5.41) is 8.88. The summed E-state index contributed by atoms with van der Waals surface area (Å²) in [6, 6.07) is 7.21. The highest BCUT2D eigenvalue weighted by atomic mass is 16.5. The maximum atomic E-state index is 12.3. The molecule has 0 radical (unpaired) electrons. The Morgan fingerprint density at radius 1 is 1.24 bits per heavy atom. The van der Waals surface area contributed by atoms with Crippen LogP contribution in [-0.4, -0.2) is 37.1 Å². The van der Waals surface area contributed by atoms with Crippen LogP contribution in [0.1, 0.15) is 63.0 Å². The molecule has 3 N–H and O–H groups in total. The minimum atomic E-state index is -0.439. The summed E-state index contributed by atoms with van der Waals surface area (Å²) < 4.78 is 12.1. The fraction of sp³-hybridized carbons (Fsp3) is 0.480. The third-order valence-electron chi connectivity index (χ3n) is 5.76. The minimum absolute atomic E-state index is 0.0331. The number of nitrogens with one attached hydrogen (secondary N) is 3. The van der Waals surface area contributed by atoms with Gasteiger partial charge in [-0.05, 0) is 37.1 Å². The van der Waals surface area contributed by atoms with Crippen molar-refractivity contribution in [3.05, 3.63) is 41.6 Å². The van der Waals surface area contributed by atoms with Crippen LogP contribution in [0, 0.1) is 0 Å². The average molecular weight is 455 g/mol. The van der Waals surface area contributed by atoms with Gasteiger partial charge in [-0.25, -0.2) is 9.78 Å². The molecule has 0 spiro atoms. The van der Waals surface area contributed by atoms with Crippen molar-refractivity contribution in [3.63, 3.8) is 0 Å². The number of rotatable bonds is 12. The molecule has 0 bridgehead atoms. The van der Waals surface area contributed by atoms with Crippen LogP contribution >= 0.6 is 0 Å². The second-order valence-electron chi connectivity index (χ2n) is 8.18. The van der Waals surface area contributed by atoms with Gasteiger partial charge in [-0.3, -0.25) is 0 Å². The molecule has 1 aromatic carbocycles. The van der Waals surface area contributed by atoms with Crippen molar-refractivity contribution in [2.24, 2.45) is 0 Å². The monoisotopic (exact) mass is 454 g/mol. The van der Waals surface area contributed by atoms with E-state index in [0.29, 0.717) is 36.7 Å². The first-order chi connectivity index (χ1) is 16.1. The van der Waals surface area contributed by atoms with E-state index in [4.69, 9.17) is 9.47 Å². The van der Waals surface area contributed by atoms with Crippen molar-refractivity contribution in [1.82, 2.24) is 15.6 Å². The molecular formula is C25H34N4O4. The molecular weight excluding hydrogens is 420 g/mol. The zero-order chi connectivity index (χ0) is 23.6. The molecule has 2 heterocycles.